The predicted octanol–water partition coefficient (Wildman–Crippen LogP) is 6.76. The van der Waals surface area contributed by atoms with Crippen molar-refractivity contribution < 1.29 is 23.5 Å². The summed E-state index contributed by atoms with van der Waals surface area (Å²) in [7, 11) is 0. The summed E-state index contributed by atoms with van der Waals surface area (Å²) in [5.74, 6) is -2.09. The van der Waals surface area contributed by atoms with E-state index in [1.807, 2.05) is 25.1 Å². The van der Waals surface area contributed by atoms with Gasteiger partial charge in [0, 0.05) is 11.5 Å². The van der Waals surface area contributed by atoms with Gasteiger partial charge in [0.15, 0.2) is 11.4 Å². The van der Waals surface area contributed by atoms with Gasteiger partial charge >= 0.3 is 5.97 Å². The second-order valence-electron chi connectivity index (χ2n) is 9.42. The zero-order valence-electron chi connectivity index (χ0n) is 19.5. The van der Waals surface area contributed by atoms with Crippen LogP contribution in [0.4, 0.5) is 16.1 Å². The maximum Gasteiger partial charge on any atom is 0.310 e. The van der Waals surface area contributed by atoms with E-state index in [9.17, 15) is 19.1 Å². The van der Waals surface area contributed by atoms with Gasteiger partial charge in [-0.15, -0.1) is 0 Å². The molecule has 1 heterocycles. The topological polar surface area (TPSA) is 92.4 Å². The van der Waals surface area contributed by atoms with Crippen molar-refractivity contribution >= 4 is 34.6 Å². The number of hydrogen-bond acceptors (Lipinski definition) is 5. The number of fused-ring (bicyclic) bond motifs is 1. The summed E-state index contributed by atoms with van der Waals surface area (Å²) in [6.45, 7) is 3.61. The minimum Gasteiger partial charge on any atom is -0.481 e. The third-order valence-corrected chi connectivity index (χ3v) is 7.02. The number of carboxylic acids is 1. The number of aliphatic carboxylic acids is 1. The predicted molar refractivity (Wildman–Crippen MR) is 131 cm³/mol. The van der Waals surface area contributed by atoms with E-state index in [-0.39, 0.29) is 17.5 Å². The fraction of sp³-hybridized carbons (Fsp3) is 0.250. The van der Waals surface area contributed by atoms with Crippen molar-refractivity contribution in [1.82, 2.24) is 4.98 Å². The molecule has 0 amide bonds. The number of aryl methyl sites for hydroxylation is 1. The second kappa shape index (κ2) is 8.65. The van der Waals surface area contributed by atoms with E-state index in [1.54, 1.807) is 43.3 Å². The molecule has 35 heavy (non-hydrogen) atoms. The maximum absolute atomic E-state index is 14.9. The van der Waals surface area contributed by atoms with Crippen molar-refractivity contribution in [2.24, 2.45) is 11.3 Å². The van der Waals surface area contributed by atoms with E-state index in [1.165, 1.54) is 6.07 Å². The van der Waals surface area contributed by atoms with Gasteiger partial charge in [0.25, 0.3) is 6.01 Å². The summed E-state index contributed by atoms with van der Waals surface area (Å²) < 4.78 is 20.5. The SMILES string of the molecule is Cc1ccc2nc(Nc3ccc(-c4ccc(C(=O)[C@@H]5CCC[C@@]5(C)C(=O)O)cc4)cc3F)oc2c1. The Morgan fingerprint density at radius 2 is 1.83 bits per heavy atom. The van der Waals surface area contributed by atoms with Crippen LogP contribution in [-0.4, -0.2) is 21.8 Å². The van der Waals surface area contributed by atoms with Crippen LogP contribution in [0.15, 0.2) is 65.1 Å². The number of carbonyl (C=O) groups is 2. The fourth-order valence-corrected chi connectivity index (χ4v) is 4.87. The first-order valence-electron chi connectivity index (χ1n) is 11.6. The molecule has 2 atom stereocenters. The third-order valence-electron chi connectivity index (χ3n) is 7.02. The summed E-state index contributed by atoms with van der Waals surface area (Å²) in [4.78, 5) is 29.1. The van der Waals surface area contributed by atoms with Crippen LogP contribution in [0.2, 0.25) is 0 Å². The minimum atomic E-state index is -1.03. The van der Waals surface area contributed by atoms with Gasteiger partial charge in [0.05, 0.1) is 11.1 Å². The Bertz CT molecular complexity index is 1440. The first-order chi connectivity index (χ1) is 16.7. The summed E-state index contributed by atoms with van der Waals surface area (Å²) in [5.41, 5.74) is 3.42. The Morgan fingerprint density at radius 3 is 2.54 bits per heavy atom. The number of carboxylic acid groups (broad SMARTS) is 1. The normalized spacial score (nSPS) is 19.7. The molecule has 1 aliphatic carbocycles. The number of ketones is 1. The fourth-order valence-electron chi connectivity index (χ4n) is 4.87. The molecule has 0 radical (unpaired) electrons. The molecule has 1 aromatic heterocycles. The quantitative estimate of drug-likeness (QED) is 0.301. The van der Waals surface area contributed by atoms with Gasteiger partial charge < -0.3 is 14.8 Å². The molecule has 1 fully saturated rings. The lowest BCUT2D eigenvalue weighted by Gasteiger charge is -2.25. The molecule has 1 aliphatic rings. The molecule has 5 rings (SSSR count). The summed E-state index contributed by atoms with van der Waals surface area (Å²) >= 11 is 0. The number of nitrogens with zero attached hydrogens (tertiary/aromatic N) is 1. The summed E-state index contributed by atoms with van der Waals surface area (Å²) in [6, 6.07) is 17.5. The number of halogens is 1. The van der Waals surface area contributed by atoms with Crippen LogP contribution in [-0.2, 0) is 4.79 Å². The van der Waals surface area contributed by atoms with Crippen LogP contribution in [0.5, 0.6) is 0 Å². The van der Waals surface area contributed by atoms with Crippen molar-refractivity contribution in [3.63, 3.8) is 0 Å². The molecule has 7 heteroatoms. The van der Waals surface area contributed by atoms with Gasteiger partial charge in [-0.1, -0.05) is 42.8 Å². The van der Waals surface area contributed by atoms with Gasteiger partial charge in [-0.2, -0.15) is 4.98 Å². The number of oxazole rings is 1. The Kier molecular flexibility index (Phi) is 5.63. The van der Waals surface area contributed by atoms with Crippen LogP contribution in [0.25, 0.3) is 22.2 Å². The number of carbonyl (C=O) groups excluding carboxylic acids is 1. The lowest BCUT2D eigenvalue weighted by molar-refractivity contribution is -0.149. The Labute approximate surface area is 201 Å². The highest BCUT2D eigenvalue weighted by Gasteiger charge is 2.48. The van der Waals surface area contributed by atoms with Gasteiger partial charge in [-0.05, 0) is 67.6 Å². The Hall–Kier alpha value is -4.00. The average molecular weight is 473 g/mol. The van der Waals surface area contributed by atoms with E-state index < -0.39 is 23.1 Å². The molecular formula is C28H25FN2O4. The summed E-state index contributed by atoms with van der Waals surface area (Å²) in [6.07, 6.45) is 1.79. The summed E-state index contributed by atoms with van der Waals surface area (Å²) in [5, 5.41) is 12.5. The van der Waals surface area contributed by atoms with Gasteiger partial charge in [-0.3, -0.25) is 9.59 Å². The lowest BCUT2D eigenvalue weighted by atomic mass is 9.76. The van der Waals surface area contributed by atoms with E-state index in [2.05, 4.69) is 10.3 Å². The molecule has 3 aromatic carbocycles. The van der Waals surface area contributed by atoms with Gasteiger partial charge in [-0.25, -0.2) is 4.39 Å². The van der Waals surface area contributed by atoms with Crippen molar-refractivity contribution in [3.05, 3.63) is 77.6 Å². The van der Waals surface area contributed by atoms with Gasteiger partial charge in [0.1, 0.15) is 11.3 Å². The smallest absolute Gasteiger partial charge is 0.310 e. The van der Waals surface area contributed by atoms with E-state index in [4.69, 9.17) is 4.42 Å². The zero-order valence-corrected chi connectivity index (χ0v) is 19.5. The number of rotatable bonds is 6. The van der Waals surface area contributed by atoms with Crippen LogP contribution in [0.1, 0.15) is 42.1 Å². The van der Waals surface area contributed by atoms with E-state index in [0.717, 1.165) is 17.5 Å². The van der Waals surface area contributed by atoms with Crippen LogP contribution >= 0.6 is 0 Å². The highest BCUT2D eigenvalue weighted by atomic mass is 19.1. The molecule has 0 saturated heterocycles. The number of hydrogen-bond donors (Lipinski definition) is 2. The van der Waals surface area contributed by atoms with Crippen molar-refractivity contribution in [1.29, 1.82) is 0 Å². The maximum atomic E-state index is 14.9. The molecule has 6 nitrogen and oxygen atoms in total. The average Bonchev–Trinajstić information content (AvgIpc) is 3.43. The number of benzene rings is 3. The van der Waals surface area contributed by atoms with Crippen LogP contribution in [0.3, 0.4) is 0 Å². The third kappa shape index (κ3) is 4.18. The largest absolute Gasteiger partial charge is 0.481 e. The van der Waals surface area contributed by atoms with Crippen LogP contribution < -0.4 is 5.32 Å². The molecular weight excluding hydrogens is 447 g/mol. The Morgan fingerprint density at radius 1 is 1.09 bits per heavy atom. The molecule has 178 valence electrons. The van der Waals surface area contributed by atoms with Crippen molar-refractivity contribution in [3.8, 4) is 11.1 Å². The van der Waals surface area contributed by atoms with Crippen molar-refractivity contribution in [2.45, 2.75) is 33.1 Å². The number of anilines is 2. The molecule has 0 unspecified atom stereocenters. The molecule has 0 spiro atoms. The molecule has 1 saturated carbocycles. The number of Topliss-reactive ketones (excluding diaryl/α,β-unsaturated/α-hetero) is 1. The van der Waals surface area contributed by atoms with Crippen LogP contribution in [0, 0.1) is 24.1 Å². The number of nitrogens with one attached hydrogen (secondary N) is 1. The highest BCUT2D eigenvalue weighted by molar-refractivity contribution is 6.01. The first kappa shape index (κ1) is 22.8. The molecule has 2 N–H and O–H groups in total. The first-order valence-corrected chi connectivity index (χ1v) is 11.6. The van der Waals surface area contributed by atoms with E-state index in [0.29, 0.717) is 35.1 Å². The van der Waals surface area contributed by atoms with Crippen molar-refractivity contribution in [2.75, 3.05) is 5.32 Å². The zero-order chi connectivity index (χ0) is 24.7. The molecule has 0 bridgehead atoms. The monoisotopic (exact) mass is 472 g/mol. The molecule has 4 aromatic rings. The Balaban J connectivity index is 1.33. The second-order valence-corrected chi connectivity index (χ2v) is 9.42. The number of aromatic nitrogens is 1. The standard InChI is InChI=1S/C28H25FN2O4/c1-16-5-11-23-24(14-16)35-27(31-23)30-22-12-10-19(15-21(22)29)17-6-8-18(9-7-17)25(32)20-4-3-13-28(20,2)26(33)34/h5-12,14-15,20H,3-4,13H2,1-2H3,(H,30,31)(H,33,34)/t20-,28+/m0/s1. The minimum absolute atomic E-state index is 0.154. The highest BCUT2D eigenvalue weighted by Crippen LogP contribution is 2.45. The lowest BCUT2D eigenvalue weighted by Crippen LogP contribution is -2.36. The molecule has 0 aliphatic heterocycles. The van der Waals surface area contributed by atoms with Gasteiger partial charge in [0.2, 0.25) is 0 Å². The van der Waals surface area contributed by atoms with E-state index >= 15 is 0 Å².